The number of hydrogen-bond donors (Lipinski definition) is 2. The van der Waals surface area contributed by atoms with Gasteiger partial charge in [-0.15, -0.1) is 0 Å². The van der Waals surface area contributed by atoms with Crippen molar-refractivity contribution in [2.24, 2.45) is 10.8 Å². The Balaban J connectivity index is 1.13. The summed E-state index contributed by atoms with van der Waals surface area (Å²) in [5.41, 5.74) is 1.64. The highest BCUT2D eigenvalue weighted by Gasteiger charge is 2.79. The molecule has 2 N–H and O–H groups in total. The van der Waals surface area contributed by atoms with Crippen LogP contribution < -0.4 is 10.1 Å². The first kappa shape index (κ1) is 27.7. The predicted molar refractivity (Wildman–Crippen MR) is 148 cm³/mol. The molecular weight excluding hydrogens is 553 g/mol. The van der Waals surface area contributed by atoms with Gasteiger partial charge in [0.05, 0.1) is 12.5 Å². The van der Waals surface area contributed by atoms with Crippen LogP contribution in [0.4, 0.5) is 22.0 Å². The van der Waals surface area contributed by atoms with Crippen molar-refractivity contribution < 1.29 is 31.5 Å². The number of benzene rings is 2. The number of nitrogens with one attached hydrogen (secondary N) is 2. The Bertz CT molecular complexity index is 1530. The quantitative estimate of drug-likeness (QED) is 0.295. The Kier molecular flexibility index (Phi) is 5.89. The van der Waals surface area contributed by atoms with Gasteiger partial charge in [-0.05, 0) is 86.4 Å². The average Bonchev–Trinajstić information content (AvgIpc) is 3.36. The zero-order valence-electron chi connectivity index (χ0n) is 23.6. The lowest BCUT2D eigenvalue weighted by atomic mass is 9.39. The first-order valence-electron chi connectivity index (χ1n) is 14.5. The molecule has 5 nitrogen and oxygen atoms in total. The predicted octanol–water partition coefficient (Wildman–Crippen LogP) is 7.45. The van der Waals surface area contributed by atoms with E-state index in [2.05, 4.69) is 15.2 Å². The molecule has 2 heterocycles. The van der Waals surface area contributed by atoms with E-state index in [1.54, 1.807) is 19.2 Å². The van der Waals surface area contributed by atoms with Crippen LogP contribution in [0, 0.1) is 17.8 Å². The van der Waals surface area contributed by atoms with Gasteiger partial charge in [0.1, 0.15) is 5.75 Å². The largest absolute Gasteiger partial charge is 0.496 e. The van der Waals surface area contributed by atoms with Crippen LogP contribution in [0.25, 0.3) is 10.9 Å². The first-order chi connectivity index (χ1) is 19.8. The van der Waals surface area contributed by atoms with Gasteiger partial charge in [-0.1, -0.05) is 12.1 Å². The van der Waals surface area contributed by atoms with Crippen molar-refractivity contribution in [3.05, 3.63) is 64.8 Å². The number of H-pyrrole nitrogens is 1. The number of likely N-dealkylation sites (tertiary alicyclic amines) is 1. The standard InChI is InChI=1S/C32H34F5N3O2/c1-19-11-25(42-2)23(22-7-9-38-26(19)22)13-40-10-8-28(14-31(33,34)15-28)12-24(40)20-3-5-21(6-4-20)27(41)39-30-16-29(17-30,18-30)32(35,36)37/h3-7,9,11,24,38H,8,10,12-18H2,1-2H3,(H,39,41). The number of piperidine rings is 1. The van der Waals surface area contributed by atoms with Crippen molar-refractivity contribution in [2.75, 3.05) is 13.7 Å². The van der Waals surface area contributed by atoms with E-state index in [4.69, 9.17) is 4.74 Å². The number of rotatable bonds is 6. The minimum atomic E-state index is -4.23. The van der Waals surface area contributed by atoms with E-state index in [0.29, 0.717) is 31.5 Å². The lowest BCUT2D eigenvalue weighted by Crippen LogP contribution is -2.78. The lowest BCUT2D eigenvalue weighted by molar-refractivity contribution is -0.336. The molecule has 4 aliphatic carbocycles. The molecule has 1 amide bonds. The lowest BCUT2D eigenvalue weighted by Gasteiger charge is -2.70. The summed E-state index contributed by atoms with van der Waals surface area (Å²) in [6.07, 6.45) is -1.46. The Morgan fingerprint density at radius 3 is 2.40 bits per heavy atom. The Labute approximate surface area is 240 Å². The number of alkyl halides is 5. The van der Waals surface area contributed by atoms with Crippen LogP contribution in [0.5, 0.6) is 5.75 Å². The molecule has 5 fully saturated rings. The molecule has 42 heavy (non-hydrogen) atoms. The van der Waals surface area contributed by atoms with Crippen LogP contribution in [-0.2, 0) is 6.54 Å². The van der Waals surface area contributed by atoms with Crippen LogP contribution in [0.2, 0.25) is 0 Å². The van der Waals surface area contributed by atoms with E-state index in [-0.39, 0.29) is 44.1 Å². The molecule has 8 rings (SSSR count). The molecule has 1 atom stereocenters. The number of aryl methyl sites for hydroxylation is 1. The van der Waals surface area contributed by atoms with Crippen LogP contribution >= 0.6 is 0 Å². The van der Waals surface area contributed by atoms with Crippen molar-refractivity contribution >= 4 is 16.8 Å². The van der Waals surface area contributed by atoms with E-state index in [0.717, 1.165) is 33.3 Å². The van der Waals surface area contributed by atoms with Crippen molar-refractivity contribution in [1.29, 1.82) is 0 Å². The normalized spacial score (nSPS) is 29.5. The molecule has 4 saturated carbocycles. The summed E-state index contributed by atoms with van der Waals surface area (Å²) in [7, 11) is 1.65. The number of carbonyl (C=O) groups excluding carboxylic acids is 1. The third-order valence-electron chi connectivity index (χ3n) is 10.5. The molecule has 224 valence electrons. The van der Waals surface area contributed by atoms with Crippen molar-refractivity contribution in [1.82, 2.24) is 15.2 Å². The molecule has 5 aliphatic rings. The number of methoxy groups -OCH3 is 1. The minimum Gasteiger partial charge on any atom is -0.496 e. The molecule has 2 bridgehead atoms. The maximum absolute atomic E-state index is 14.1. The Morgan fingerprint density at radius 2 is 1.79 bits per heavy atom. The third-order valence-corrected chi connectivity index (χ3v) is 10.5. The molecule has 1 saturated heterocycles. The van der Waals surface area contributed by atoms with E-state index in [1.807, 2.05) is 37.4 Å². The highest BCUT2D eigenvalue weighted by atomic mass is 19.4. The fourth-order valence-corrected chi connectivity index (χ4v) is 8.44. The molecule has 10 heteroatoms. The Morgan fingerprint density at radius 1 is 1.10 bits per heavy atom. The number of ether oxygens (including phenoxy) is 1. The molecule has 3 aromatic rings. The Hall–Kier alpha value is -3.14. The summed E-state index contributed by atoms with van der Waals surface area (Å²) >= 11 is 0. The zero-order valence-corrected chi connectivity index (χ0v) is 23.6. The smallest absolute Gasteiger partial charge is 0.394 e. The maximum atomic E-state index is 14.1. The van der Waals surface area contributed by atoms with Gasteiger partial charge in [-0.2, -0.15) is 13.2 Å². The zero-order chi connectivity index (χ0) is 29.7. The summed E-state index contributed by atoms with van der Waals surface area (Å²) in [6, 6.07) is 11.0. The fraction of sp³-hybridized carbons (Fsp3) is 0.531. The van der Waals surface area contributed by atoms with Crippen molar-refractivity contribution in [3.63, 3.8) is 0 Å². The highest BCUT2D eigenvalue weighted by molar-refractivity contribution is 5.95. The van der Waals surface area contributed by atoms with E-state index in [9.17, 15) is 26.7 Å². The molecule has 1 spiro atoms. The van der Waals surface area contributed by atoms with E-state index >= 15 is 0 Å². The number of amides is 1. The minimum absolute atomic E-state index is 0.0615. The summed E-state index contributed by atoms with van der Waals surface area (Å²) in [5.74, 6) is -2.23. The average molecular weight is 588 g/mol. The number of carbonyl (C=O) groups is 1. The second-order valence-corrected chi connectivity index (χ2v) is 13.5. The van der Waals surface area contributed by atoms with Gasteiger partial charge in [0.15, 0.2) is 0 Å². The monoisotopic (exact) mass is 587 g/mol. The second kappa shape index (κ2) is 8.94. The van der Waals surface area contributed by atoms with Crippen LogP contribution in [0.1, 0.15) is 78.0 Å². The number of nitrogens with zero attached hydrogens (tertiary/aromatic N) is 1. The fourth-order valence-electron chi connectivity index (χ4n) is 8.44. The van der Waals surface area contributed by atoms with Crippen molar-refractivity contribution in [3.8, 4) is 5.75 Å². The molecular formula is C32H34F5N3O2. The molecule has 2 aromatic carbocycles. The topological polar surface area (TPSA) is 57.4 Å². The van der Waals surface area contributed by atoms with Gasteiger partial charge in [0.2, 0.25) is 5.92 Å². The number of fused-ring (bicyclic) bond motifs is 1. The van der Waals surface area contributed by atoms with Crippen LogP contribution in [0.15, 0.2) is 42.6 Å². The number of hydrogen-bond acceptors (Lipinski definition) is 3. The highest BCUT2D eigenvalue weighted by Crippen LogP contribution is 2.73. The third kappa shape index (κ3) is 4.23. The van der Waals surface area contributed by atoms with E-state index < -0.39 is 28.5 Å². The molecule has 1 aliphatic heterocycles. The van der Waals surface area contributed by atoms with Gasteiger partial charge in [-0.25, -0.2) is 8.78 Å². The summed E-state index contributed by atoms with van der Waals surface area (Å²) in [4.78, 5) is 18.6. The summed E-state index contributed by atoms with van der Waals surface area (Å²) < 4.78 is 73.6. The van der Waals surface area contributed by atoms with Crippen molar-refractivity contribution in [2.45, 2.75) is 82.1 Å². The van der Waals surface area contributed by atoms with Gasteiger partial charge < -0.3 is 15.0 Å². The second-order valence-electron chi connectivity index (χ2n) is 13.5. The number of aromatic amines is 1. The van der Waals surface area contributed by atoms with Gasteiger partial charge in [-0.3, -0.25) is 9.69 Å². The molecule has 1 aromatic heterocycles. The summed E-state index contributed by atoms with van der Waals surface area (Å²) in [5, 5.41) is 3.90. The van der Waals surface area contributed by atoms with E-state index in [1.165, 1.54) is 0 Å². The number of halogens is 5. The SMILES string of the molecule is COc1cc(C)c2[nH]ccc2c1CN1CCC2(CC1c1ccc(C(=O)NC34CC(C(F)(F)F)(C3)C4)cc1)CC(F)(F)C2. The number of aromatic nitrogens is 1. The molecule has 0 radical (unpaired) electrons. The molecule has 1 unspecified atom stereocenters. The van der Waals surface area contributed by atoms with Crippen LogP contribution in [0.3, 0.4) is 0 Å². The first-order valence-corrected chi connectivity index (χ1v) is 14.5. The van der Waals surface area contributed by atoms with Gasteiger partial charge in [0, 0.05) is 59.2 Å². The van der Waals surface area contributed by atoms with Gasteiger partial charge >= 0.3 is 6.18 Å². The summed E-state index contributed by atoms with van der Waals surface area (Å²) in [6.45, 7) is 3.24. The maximum Gasteiger partial charge on any atom is 0.394 e. The van der Waals surface area contributed by atoms with Gasteiger partial charge in [0.25, 0.3) is 5.91 Å². The van der Waals surface area contributed by atoms with Crippen LogP contribution in [-0.4, -0.2) is 47.1 Å².